The van der Waals surface area contributed by atoms with Crippen LogP contribution in [0.15, 0.2) is 35.1 Å². The molecule has 104 valence electrons. The average Bonchev–Trinajstić information content (AvgIpc) is 2.97. The molecule has 2 aromatic rings. The molecule has 1 fully saturated rings. The second kappa shape index (κ2) is 5.36. The minimum absolute atomic E-state index is 0.179. The second-order valence-electron chi connectivity index (χ2n) is 5.14. The van der Waals surface area contributed by atoms with Gasteiger partial charge in [0.25, 0.3) is 0 Å². The number of hydrogen-bond acceptors (Lipinski definition) is 3. The standard InChI is InChI=1S/C15H17N3O2/c1-11-9-16-18(10-12-4-5-12)15(11)17-14(19)7-6-13-3-2-8-20-13/h2-3,6-9,12H,4-5,10H2,1H3,(H,17,19)/b7-6+. The molecule has 2 aromatic heterocycles. The third-order valence-corrected chi connectivity index (χ3v) is 3.33. The fraction of sp³-hybridized carbons (Fsp3) is 0.333. The number of furan rings is 1. The van der Waals surface area contributed by atoms with Gasteiger partial charge in [-0.15, -0.1) is 0 Å². The van der Waals surface area contributed by atoms with Crippen molar-refractivity contribution in [1.82, 2.24) is 9.78 Å². The summed E-state index contributed by atoms with van der Waals surface area (Å²) in [6.45, 7) is 2.83. The number of anilines is 1. The zero-order valence-corrected chi connectivity index (χ0v) is 11.4. The van der Waals surface area contributed by atoms with E-state index >= 15 is 0 Å². The molecule has 1 aliphatic rings. The first-order chi connectivity index (χ1) is 9.72. The van der Waals surface area contributed by atoms with Crippen molar-refractivity contribution in [3.8, 4) is 0 Å². The van der Waals surface area contributed by atoms with E-state index in [1.54, 1.807) is 30.7 Å². The monoisotopic (exact) mass is 271 g/mol. The molecular formula is C15H17N3O2. The Balaban J connectivity index is 1.67. The number of amides is 1. The van der Waals surface area contributed by atoms with Gasteiger partial charge in [0.05, 0.1) is 12.5 Å². The summed E-state index contributed by atoms with van der Waals surface area (Å²) in [5.74, 6) is 1.97. The predicted molar refractivity (Wildman–Crippen MR) is 76.1 cm³/mol. The maximum absolute atomic E-state index is 11.9. The van der Waals surface area contributed by atoms with Gasteiger partial charge in [0, 0.05) is 18.2 Å². The summed E-state index contributed by atoms with van der Waals surface area (Å²) in [5, 5.41) is 7.21. The van der Waals surface area contributed by atoms with Crippen LogP contribution in [0, 0.1) is 12.8 Å². The van der Waals surface area contributed by atoms with Gasteiger partial charge in [-0.3, -0.25) is 4.79 Å². The Kier molecular flexibility index (Phi) is 3.41. The van der Waals surface area contributed by atoms with E-state index in [1.807, 2.05) is 11.6 Å². The van der Waals surface area contributed by atoms with Gasteiger partial charge in [0.2, 0.25) is 5.91 Å². The number of aromatic nitrogens is 2. The summed E-state index contributed by atoms with van der Waals surface area (Å²) < 4.78 is 7.02. The minimum Gasteiger partial charge on any atom is -0.465 e. The maximum Gasteiger partial charge on any atom is 0.249 e. The van der Waals surface area contributed by atoms with Crippen molar-refractivity contribution >= 4 is 17.8 Å². The van der Waals surface area contributed by atoms with Crippen LogP contribution in [0.2, 0.25) is 0 Å². The third kappa shape index (κ3) is 2.99. The fourth-order valence-electron chi connectivity index (χ4n) is 2.03. The zero-order chi connectivity index (χ0) is 13.9. The highest BCUT2D eigenvalue weighted by atomic mass is 16.3. The van der Waals surface area contributed by atoms with E-state index < -0.39 is 0 Å². The molecule has 1 amide bonds. The number of nitrogens with one attached hydrogen (secondary N) is 1. The lowest BCUT2D eigenvalue weighted by Crippen LogP contribution is -2.14. The first-order valence-corrected chi connectivity index (χ1v) is 6.77. The van der Waals surface area contributed by atoms with Gasteiger partial charge in [0.1, 0.15) is 11.6 Å². The van der Waals surface area contributed by atoms with Crippen LogP contribution in [0.3, 0.4) is 0 Å². The normalized spacial score (nSPS) is 14.8. The van der Waals surface area contributed by atoms with E-state index in [1.165, 1.54) is 18.9 Å². The van der Waals surface area contributed by atoms with Gasteiger partial charge < -0.3 is 9.73 Å². The Morgan fingerprint density at radius 2 is 2.45 bits per heavy atom. The number of nitrogens with zero attached hydrogens (tertiary/aromatic N) is 2. The van der Waals surface area contributed by atoms with Crippen LogP contribution in [0.5, 0.6) is 0 Å². The molecule has 5 heteroatoms. The van der Waals surface area contributed by atoms with E-state index in [4.69, 9.17) is 4.42 Å². The lowest BCUT2D eigenvalue weighted by atomic mass is 10.3. The third-order valence-electron chi connectivity index (χ3n) is 3.33. The number of rotatable bonds is 5. The molecule has 1 saturated carbocycles. The summed E-state index contributed by atoms with van der Waals surface area (Å²) in [5.41, 5.74) is 0.977. The van der Waals surface area contributed by atoms with Crippen molar-refractivity contribution in [2.75, 3.05) is 5.32 Å². The van der Waals surface area contributed by atoms with E-state index in [2.05, 4.69) is 10.4 Å². The molecule has 0 aromatic carbocycles. The van der Waals surface area contributed by atoms with Crippen molar-refractivity contribution in [1.29, 1.82) is 0 Å². The van der Waals surface area contributed by atoms with E-state index in [0.29, 0.717) is 11.7 Å². The molecule has 0 atom stereocenters. The van der Waals surface area contributed by atoms with Gasteiger partial charge >= 0.3 is 0 Å². The molecule has 0 aliphatic heterocycles. The Hall–Kier alpha value is -2.30. The number of carbonyl (C=O) groups excluding carboxylic acids is 1. The Morgan fingerprint density at radius 3 is 3.15 bits per heavy atom. The topological polar surface area (TPSA) is 60.1 Å². The first kappa shape index (κ1) is 12.7. The highest BCUT2D eigenvalue weighted by molar-refractivity contribution is 6.01. The first-order valence-electron chi connectivity index (χ1n) is 6.77. The van der Waals surface area contributed by atoms with Crippen LogP contribution in [-0.4, -0.2) is 15.7 Å². The van der Waals surface area contributed by atoms with E-state index in [0.717, 1.165) is 17.9 Å². The van der Waals surface area contributed by atoms with Gasteiger partial charge in [-0.2, -0.15) is 5.10 Å². The molecule has 2 heterocycles. The van der Waals surface area contributed by atoms with Crippen molar-refractivity contribution in [2.45, 2.75) is 26.3 Å². The fourth-order valence-corrected chi connectivity index (χ4v) is 2.03. The Labute approximate surface area is 117 Å². The molecule has 3 rings (SSSR count). The molecule has 1 N–H and O–H groups in total. The lowest BCUT2D eigenvalue weighted by molar-refractivity contribution is -0.111. The van der Waals surface area contributed by atoms with Crippen molar-refractivity contribution in [3.05, 3.63) is 42.0 Å². The molecule has 0 spiro atoms. The van der Waals surface area contributed by atoms with Crippen LogP contribution in [0.4, 0.5) is 5.82 Å². The van der Waals surface area contributed by atoms with Gasteiger partial charge in [0.15, 0.2) is 0 Å². The predicted octanol–water partition coefficient (Wildman–Crippen LogP) is 2.85. The van der Waals surface area contributed by atoms with E-state index in [-0.39, 0.29) is 5.91 Å². The van der Waals surface area contributed by atoms with Crippen LogP contribution < -0.4 is 5.32 Å². The molecule has 20 heavy (non-hydrogen) atoms. The molecule has 0 radical (unpaired) electrons. The summed E-state index contributed by atoms with van der Waals surface area (Å²) in [7, 11) is 0. The summed E-state index contributed by atoms with van der Waals surface area (Å²) in [4.78, 5) is 11.9. The van der Waals surface area contributed by atoms with Crippen molar-refractivity contribution < 1.29 is 9.21 Å². The zero-order valence-electron chi connectivity index (χ0n) is 11.4. The summed E-state index contributed by atoms with van der Waals surface area (Å²) in [6, 6.07) is 3.58. The van der Waals surface area contributed by atoms with Crippen molar-refractivity contribution in [2.24, 2.45) is 5.92 Å². The van der Waals surface area contributed by atoms with Crippen LogP contribution in [0.25, 0.3) is 6.08 Å². The highest BCUT2D eigenvalue weighted by Gasteiger charge is 2.23. The number of aryl methyl sites for hydroxylation is 1. The quantitative estimate of drug-likeness (QED) is 0.851. The average molecular weight is 271 g/mol. The Bertz CT molecular complexity index is 622. The minimum atomic E-state index is -0.179. The molecule has 0 unspecified atom stereocenters. The molecular weight excluding hydrogens is 254 g/mol. The lowest BCUT2D eigenvalue weighted by Gasteiger charge is -2.08. The van der Waals surface area contributed by atoms with Gasteiger partial charge in [-0.1, -0.05) is 0 Å². The van der Waals surface area contributed by atoms with Gasteiger partial charge in [-0.05, 0) is 43.9 Å². The Morgan fingerprint density at radius 1 is 1.60 bits per heavy atom. The second-order valence-corrected chi connectivity index (χ2v) is 5.14. The highest BCUT2D eigenvalue weighted by Crippen LogP contribution is 2.31. The van der Waals surface area contributed by atoms with Gasteiger partial charge in [-0.25, -0.2) is 4.68 Å². The van der Waals surface area contributed by atoms with Crippen LogP contribution in [-0.2, 0) is 11.3 Å². The van der Waals surface area contributed by atoms with E-state index in [9.17, 15) is 4.79 Å². The summed E-state index contributed by atoms with van der Waals surface area (Å²) in [6.07, 6.45) is 8.98. The molecule has 1 aliphatic carbocycles. The molecule has 0 bridgehead atoms. The maximum atomic E-state index is 11.9. The summed E-state index contributed by atoms with van der Waals surface area (Å²) >= 11 is 0. The smallest absolute Gasteiger partial charge is 0.249 e. The molecule has 0 saturated heterocycles. The van der Waals surface area contributed by atoms with Crippen LogP contribution in [0.1, 0.15) is 24.2 Å². The SMILES string of the molecule is Cc1cnn(CC2CC2)c1NC(=O)/C=C/c1ccco1. The molecule has 5 nitrogen and oxygen atoms in total. The van der Waals surface area contributed by atoms with Crippen LogP contribution >= 0.6 is 0 Å². The number of hydrogen-bond donors (Lipinski definition) is 1. The largest absolute Gasteiger partial charge is 0.465 e. The number of carbonyl (C=O) groups is 1. The van der Waals surface area contributed by atoms with Crippen molar-refractivity contribution in [3.63, 3.8) is 0 Å².